The van der Waals surface area contributed by atoms with Crippen LogP contribution in [0.5, 0.6) is 0 Å². The van der Waals surface area contributed by atoms with Crippen LogP contribution in [0.1, 0.15) is 11.1 Å². The summed E-state index contributed by atoms with van der Waals surface area (Å²) in [5, 5.41) is 4.70. The Morgan fingerprint density at radius 3 is 2.97 bits per heavy atom. The number of nitrogens with zero attached hydrogens (tertiary/aromatic N) is 2. The molecule has 2 N–H and O–H groups in total. The Balaban J connectivity index is 1.32. The normalized spacial score (nSPS) is 14.6. The van der Waals surface area contributed by atoms with Gasteiger partial charge in [-0.1, -0.05) is 23.0 Å². The molecular formula is C22H22N4O2S. The summed E-state index contributed by atoms with van der Waals surface area (Å²) in [6, 6.07) is 12.5. The number of benzene rings is 2. The van der Waals surface area contributed by atoms with Gasteiger partial charge in [0.15, 0.2) is 5.13 Å². The van der Waals surface area contributed by atoms with Crippen molar-refractivity contribution in [2.45, 2.75) is 13.3 Å². The number of anilines is 2. The first kappa shape index (κ1) is 18.1. The van der Waals surface area contributed by atoms with Crippen LogP contribution in [-0.2, 0) is 16.0 Å². The number of fused-ring (bicyclic) bond motifs is 2. The van der Waals surface area contributed by atoms with E-state index in [0.717, 1.165) is 53.0 Å². The SMILES string of the molecule is Cc1ccc2[nH]cc(CC(=O)Nc3nc4ccc(N5CCOCC5)cc4s3)c2c1. The summed E-state index contributed by atoms with van der Waals surface area (Å²) in [4.78, 5) is 22.8. The maximum atomic E-state index is 12.6. The second kappa shape index (κ2) is 7.50. The maximum absolute atomic E-state index is 12.6. The molecule has 0 aliphatic carbocycles. The van der Waals surface area contributed by atoms with Crippen molar-refractivity contribution in [3.8, 4) is 0 Å². The number of thiazole rings is 1. The summed E-state index contributed by atoms with van der Waals surface area (Å²) < 4.78 is 6.51. The fraction of sp³-hybridized carbons (Fsp3) is 0.273. The number of carbonyl (C=O) groups is 1. The van der Waals surface area contributed by atoms with Crippen LogP contribution >= 0.6 is 11.3 Å². The number of aromatic nitrogens is 2. The van der Waals surface area contributed by atoms with Gasteiger partial charge in [-0.15, -0.1) is 0 Å². The Hall–Kier alpha value is -2.90. The monoisotopic (exact) mass is 406 g/mol. The highest BCUT2D eigenvalue weighted by Gasteiger charge is 2.15. The molecule has 3 heterocycles. The molecule has 2 aromatic heterocycles. The molecule has 0 bridgehead atoms. The number of amides is 1. The molecule has 2 aromatic carbocycles. The average molecular weight is 407 g/mol. The first-order valence-corrected chi connectivity index (χ1v) is 10.6. The number of aromatic amines is 1. The highest BCUT2D eigenvalue weighted by molar-refractivity contribution is 7.22. The molecule has 5 rings (SSSR count). The van der Waals surface area contributed by atoms with Crippen molar-refractivity contribution in [3.05, 3.63) is 53.7 Å². The van der Waals surface area contributed by atoms with Crippen molar-refractivity contribution in [2.75, 3.05) is 36.5 Å². The topological polar surface area (TPSA) is 70.2 Å². The maximum Gasteiger partial charge on any atom is 0.230 e. The zero-order valence-electron chi connectivity index (χ0n) is 16.2. The zero-order chi connectivity index (χ0) is 19.8. The number of aryl methyl sites for hydroxylation is 1. The van der Waals surface area contributed by atoms with Crippen molar-refractivity contribution in [2.24, 2.45) is 0 Å². The number of nitrogens with one attached hydrogen (secondary N) is 2. The van der Waals surface area contributed by atoms with E-state index in [0.29, 0.717) is 11.6 Å². The Morgan fingerprint density at radius 2 is 2.10 bits per heavy atom. The van der Waals surface area contributed by atoms with Crippen LogP contribution in [0.2, 0.25) is 0 Å². The molecule has 1 fully saturated rings. The minimum atomic E-state index is -0.0557. The van der Waals surface area contributed by atoms with E-state index in [-0.39, 0.29) is 5.91 Å². The van der Waals surface area contributed by atoms with E-state index in [1.54, 1.807) is 0 Å². The van der Waals surface area contributed by atoms with E-state index in [1.807, 2.05) is 18.3 Å². The van der Waals surface area contributed by atoms with Crippen LogP contribution in [0, 0.1) is 6.92 Å². The lowest BCUT2D eigenvalue weighted by atomic mass is 10.1. The van der Waals surface area contributed by atoms with Crippen molar-refractivity contribution >= 4 is 49.2 Å². The number of rotatable bonds is 4. The molecule has 1 amide bonds. The van der Waals surface area contributed by atoms with Crippen molar-refractivity contribution in [1.82, 2.24) is 9.97 Å². The molecule has 4 aromatic rings. The lowest BCUT2D eigenvalue weighted by molar-refractivity contribution is -0.115. The van der Waals surface area contributed by atoms with Crippen LogP contribution in [0.4, 0.5) is 10.8 Å². The third-order valence-corrected chi connectivity index (χ3v) is 6.20. The number of hydrogen-bond donors (Lipinski definition) is 2. The van der Waals surface area contributed by atoms with Crippen molar-refractivity contribution in [1.29, 1.82) is 0 Å². The lowest BCUT2D eigenvalue weighted by Gasteiger charge is -2.28. The van der Waals surface area contributed by atoms with Gasteiger partial charge in [0.2, 0.25) is 5.91 Å². The van der Waals surface area contributed by atoms with Crippen LogP contribution in [0.3, 0.4) is 0 Å². The molecular weight excluding hydrogens is 384 g/mol. The highest BCUT2D eigenvalue weighted by atomic mass is 32.1. The van der Waals surface area contributed by atoms with Gasteiger partial charge in [-0.05, 0) is 42.8 Å². The third kappa shape index (κ3) is 3.71. The minimum absolute atomic E-state index is 0.0557. The van der Waals surface area contributed by atoms with E-state index >= 15 is 0 Å². The van der Waals surface area contributed by atoms with E-state index in [9.17, 15) is 4.79 Å². The van der Waals surface area contributed by atoms with E-state index in [4.69, 9.17) is 4.74 Å². The van der Waals surface area contributed by atoms with E-state index in [2.05, 4.69) is 51.4 Å². The van der Waals surface area contributed by atoms with Gasteiger partial charge in [0.1, 0.15) is 0 Å². The van der Waals surface area contributed by atoms with Gasteiger partial charge in [0.05, 0.1) is 29.9 Å². The molecule has 148 valence electrons. The molecule has 0 unspecified atom stereocenters. The summed E-state index contributed by atoms with van der Waals surface area (Å²) in [5.41, 5.74) is 5.31. The lowest BCUT2D eigenvalue weighted by Crippen LogP contribution is -2.36. The summed E-state index contributed by atoms with van der Waals surface area (Å²) in [6.45, 7) is 5.38. The molecule has 29 heavy (non-hydrogen) atoms. The van der Waals surface area contributed by atoms with Gasteiger partial charge in [-0.3, -0.25) is 4.79 Å². The van der Waals surface area contributed by atoms with Crippen molar-refractivity contribution < 1.29 is 9.53 Å². The summed E-state index contributed by atoms with van der Waals surface area (Å²) in [5.74, 6) is -0.0557. The molecule has 1 saturated heterocycles. The first-order chi connectivity index (χ1) is 14.2. The summed E-state index contributed by atoms with van der Waals surface area (Å²) >= 11 is 1.51. The number of morpholine rings is 1. The van der Waals surface area contributed by atoms with Gasteiger partial charge < -0.3 is 19.9 Å². The predicted octanol–water partition coefficient (Wildman–Crippen LogP) is 4.10. The third-order valence-electron chi connectivity index (χ3n) is 5.27. The smallest absolute Gasteiger partial charge is 0.230 e. The molecule has 1 aliphatic heterocycles. The van der Waals surface area contributed by atoms with Gasteiger partial charge in [0.25, 0.3) is 0 Å². The Bertz CT molecular complexity index is 1190. The zero-order valence-corrected chi connectivity index (χ0v) is 17.0. The molecule has 0 atom stereocenters. The standard InChI is InChI=1S/C22H22N4O2S/c1-14-2-4-18-17(10-14)15(13-23-18)11-21(27)25-22-24-19-5-3-16(12-20(19)29-22)26-6-8-28-9-7-26/h2-5,10,12-13,23H,6-9,11H2,1H3,(H,24,25,27). The molecule has 7 heteroatoms. The van der Waals surface area contributed by atoms with Gasteiger partial charge >= 0.3 is 0 Å². The van der Waals surface area contributed by atoms with Crippen molar-refractivity contribution in [3.63, 3.8) is 0 Å². The van der Waals surface area contributed by atoms with Gasteiger partial charge in [-0.2, -0.15) is 0 Å². The number of hydrogen-bond acceptors (Lipinski definition) is 5. The largest absolute Gasteiger partial charge is 0.378 e. The average Bonchev–Trinajstić information content (AvgIpc) is 3.31. The fourth-order valence-corrected chi connectivity index (χ4v) is 4.68. The summed E-state index contributed by atoms with van der Waals surface area (Å²) in [6.07, 6.45) is 2.23. The number of ether oxygens (including phenoxy) is 1. The van der Waals surface area contributed by atoms with Gasteiger partial charge in [0, 0.05) is 35.9 Å². The van der Waals surface area contributed by atoms with Gasteiger partial charge in [-0.25, -0.2) is 4.98 Å². The van der Waals surface area contributed by atoms with E-state index in [1.165, 1.54) is 22.6 Å². The first-order valence-electron chi connectivity index (χ1n) is 9.75. The fourth-order valence-electron chi connectivity index (χ4n) is 3.76. The predicted molar refractivity (Wildman–Crippen MR) is 118 cm³/mol. The molecule has 6 nitrogen and oxygen atoms in total. The van der Waals surface area contributed by atoms with E-state index < -0.39 is 0 Å². The van der Waals surface area contributed by atoms with Crippen LogP contribution < -0.4 is 10.2 Å². The second-order valence-corrected chi connectivity index (χ2v) is 8.39. The van der Waals surface area contributed by atoms with Crippen LogP contribution in [0.25, 0.3) is 21.1 Å². The van der Waals surface area contributed by atoms with Crippen LogP contribution in [-0.4, -0.2) is 42.2 Å². The molecule has 0 saturated carbocycles. The molecule has 1 aliphatic rings. The second-order valence-electron chi connectivity index (χ2n) is 7.36. The van der Waals surface area contributed by atoms with Crippen LogP contribution in [0.15, 0.2) is 42.6 Å². The Kier molecular flexibility index (Phi) is 4.69. The summed E-state index contributed by atoms with van der Waals surface area (Å²) in [7, 11) is 0. The number of carbonyl (C=O) groups excluding carboxylic acids is 1. The molecule has 0 spiro atoms. The Morgan fingerprint density at radius 1 is 1.24 bits per heavy atom. The highest BCUT2D eigenvalue weighted by Crippen LogP contribution is 2.30. The Labute approximate surface area is 172 Å². The minimum Gasteiger partial charge on any atom is -0.378 e. The number of H-pyrrole nitrogens is 1. The quantitative estimate of drug-likeness (QED) is 0.535. The molecule has 0 radical (unpaired) electrons.